The molecule has 2 aromatic heterocycles. The highest BCUT2D eigenvalue weighted by Gasteiger charge is 2.20. The van der Waals surface area contributed by atoms with Gasteiger partial charge in [0.2, 0.25) is 5.91 Å². The van der Waals surface area contributed by atoms with Gasteiger partial charge >= 0.3 is 5.69 Å². The van der Waals surface area contributed by atoms with Gasteiger partial charge in [-0.25, -0.2) is 9.78 Å². The van der Waals surface area contributed by atoms with Crippen LogP contribution < -0.4 is 16.6 Å². The first kappa shape index (κ1) is 20.5. The zero-order valence-corrected chi connectivity index (χ0v) is 17.2. The molecule has 7 heteroatoms. The summed E-state index contributed by atoms with van der Waals surface area (Å²) in [5.41, 5.74) is 1.75. The Hall–Kier alpha value is -3.22. The number of amides is 1. The number of carbonyl (C=O) groups excluding carboxylic acids is 1. The minimum Gasteiger partial charge on any atom is -0.325 e. The van der Waals surface area contributed by atoms with Crippen LogP contribution in [0, 0.1) is 0 Å². The highest BCUT2D eigenvalue weighted by atomic mass is 16.2. The first-order valence-corrected chi connectivity index (χ1v) is 9.73. The van der Waals surface area contributed by atoms with Crippen molar-refractivity contribution < 1.29 is 4.79 Å². The third kappa shape index (κ3) is 4.13. The highest BCUT2D eigenvalue weighted by Crippen LogP contribution is 2.28. The van der Waals surface area contributed by atoms with E-state index in [1.807, 2.05) is 44.2 Å². The van der Waals surface area contributed by atoms with E-state index in [4.69, 9.17) is 0 Å². The molecule has 152 valence electrons. The highest BCUT2D eigenvalue weighted by molar-refractivity contribution is 6.01. The van der Waals surface area contributed by atoms with E-state index in [-0.39, 0.29) is 22.9 Å². The van der Waals surface area contributed by atoms with E-state index >= 15 is 0 Å². The van der Waals surface area contributed by atoms with Gasteiger partial charge in [0.25, 0.3) is 5.56 Å². The van der Waals surface area contributed by atoms with Gasteiger partial charge in [0.15, 0.2) is 5.65 Å². The summed E-state index contributed by atoms with van der Waals surface area (Å²) in [5, 5.41) is 3.19. The Kier molecular flexibility index (Phi) is 5.96. The quantitative estimate of drug-likeness (QED) is 0.697. The fraction of sp³-hybridized carbons (Fsp3) is 0.364. The van der Waals surface area contributed by atoms with Crippen LogP contribution in [0.4, 0.5) is 5.69 Å². The number of rotatable bonds is 6. The maximum absolute atomic E-state index is 12.8. The van der Waals surface area contributed by atoms with Gasteiger partial charge in [-0.2, -0.15) is 0 Å². The molecule has 0 saturated heterocycles. The third-order valence-electron chi connectivity index (χ3n) is 5.10. The summed E-state index contributed by atoms with van der Waals surface area (Å²) < 4.78 is 2.37. The number of pyridine rings is 1. The molecule has 29 heavy (non-hydrogen) atoms. The van der Waals surface area contributed by atoms with Gasteiger partial charge in [-0.15, -0.1) is 0 Å². The van der Waals surface area contributed by atoms with E-state index in [9.17, 15) is 14.4 Å². The molecular formula is C22H26N4O3. The zero-order chi connectivity index (χ0) is 21.1. The lowest BCUT2D eigenvalue weighted by atomic mass is 10.0. The number of nitrogens with zero attached hydrogens (tertiary/aromatic N) is 3. The van der Waals surface area contributed by atoms with Crippen molar-refractivity contribution in [1.29, 1.82) is 0 Å². The van der Waals surface area contributed by atoms with Gasteiger partial charge in [-0.05, 0) is 29.9 Å². The number of benzene rings is 1. The standard InChI is InChI=1S/C22H26N4O3/c1-14(2)16-13-23-20-18(21(28)26(4)22(29)25(20)3)19(16)24-17(27)12-8-11-15-9-6-5-7-10-15/h5-7,9-10,13-14H,8,11-12H2,1-4H3,(H,23,24,27). The lowest BCUT2D eigenvalue weighted by Crippen LogP contribution is -2.38. The number of fused-ring (bicyclic) bond motifs is 1. The van der Waals surface area contributed by atoms with Crippen molar-refractivity contribution in [1.82, 2.24) is 14.1 Å². The topological polar surface area (TPSA) is 86.0 Å². The van der Waals surface area contributed by atoms with Crippen molar-refractivity contribution in [2.45, 2.75) is 39.0 Å². The summed E-state index contributed by atoms with van der Waals surface area (Å²) in [5.74, 6) is -0.111. The maximum Gasteiger partial charge on any atom is 0.332 e. The molecule has 7 nitrogen and oxygen atoms in total. The minimum atomic E-state index is -0.460. The molecule has 3 rings (SSSR count). The van der Waals surface area contributed by atoms with Gasteiger partial charge < -0.3 is 5.32 Å². The molecule has 0 aliphatic heterocycles. The molecule has 0 unspecified atom stereocenters. The predicted octanol–water partition coefficient (Wildman–Crippen LogP) is 2.72. The monoisotopic (exact) mass is 394 g/mol. The van der Waals surface area contributed by atoms with E-state index in [1.165, 1.54) is 17.2 Å². The Bertz CT molecular complexity index is 1160. The van der Waals surface area contributed by atoms with Crippen LogP contribution >= 0.6 is 0 Å². The van der Waals surface area contributed by atoms with Gasteiger partial charge in [0.05, 0.1) is 5.69 Å². The maximum atomic E-state index is 12.8. The Morgan fingerprint density at radius 1 is 1.10 bits per heavy atom. The van der Waals surface area contributed by atoms with E-state index < -0.39 is 11.2 Å². The van der Waals surface area contributed by atoms with E-state index in [0.717, 1.165) is 16.6 Å². The molecule has 0 atom stereocenters. The van der Waals surface area contributed by atoms with Crippen molar-refractivity contribution in [2.75, 3.05) is 5.32 Å². The van der Waals surface area contributed by atoms with E-state index in [1.54, 1.807) is 13.2 Å². The van der Waals surface area contributed by atoms with Gasteiger partial charge in [0, 0.05) is 26.7 Å². The van der Waals surface area contributed by atoms with Crippen molar-refractivity contribution >= 4 is 22.6 Å². The molecule has 0 saturated carbocycles. The third-order valence-corrected chi connectivity index (χ3v) is 5.10. The van der Waals surface area contributed by atoms with Crippen LogP contribution in [0.1, 0.15) is 43.7 Å². The van der Waals surface area contributed by atoms with E-state index in [2.05, 4.69) is 10.3 Å². The summed E-state index contributed by atoms with van der Waals surface area (Å²) in [6, 6.07) is 10.00. The molecule has 3 aromatic rings. The van der Waals surface area contributed by atoms with Crippen molar-refractivity contribution in [3.05, 3.63) is 68.5 Å². The first-order chi connectivity index (χ1) is 13.8. The Morgan fingerprint density at radius 2 is 1.79 bits per heavy atom. The predicted molar refractivity (Wildman–Crippen MR) is 114 cm³/mol. The van der Waals surface area contributed by atoms with Gasteiger partial charge in [-0.1, -0.05) is 44.2 Å². The Morgan fingerprint density at radius 3 is 2.45 bits per heavy atom. The molecule has 0 radical (unpaired) electrons. The number of aromatic nitrogens is 3. The fourth-order valence-electron chi connectivity index (χ4n) is 3.42. The summed E-state index contributed by atoms with van der Waals surface area (Å²) in [7, 11) is 3.00. The van der Waals surface area contributed by atoms with Crippen molar-refractivity contribution in [3.8, 4) is 0 Å². The fourth-order valence-corrected chi connectivity index (χ4v) is 3.42. The molecule has 0 spiro atoms. The largest absolute Gasteiger partial charge is 0.332 e. The molecular weight excluding hydrogens is 368 g/mol. The van der Waals surface area contributed by atoms with Crippen LogP contribution in [0.3, 0.4) is 0 Å². The Balaban J connectivity index is 1.94. The molecule has 0 fully saturated rings. The number of hydrogen-bond donors (Lipinski definition) is 1. The smallest absolute Gasteiger partial charge is 0.325 e. The number of anilines is 1. The van der Waals surface area contributed by atoms with Crippen LogP contribution in [0.15, 0.2) is 46.1 Å². The summed E-state index contributed by atoms with van der Waals surface area (Å²) in [6.07, 6.45) is 3.47. The number of aryl methyl sites for hydroxylation is 2. The molecule has 0 aliphatic rings. The van der Waals surface area contributed by atoms with Crippen LogP contribution in [-0.4, -0.2) is 20.0 Å². The summed E-state index contributed by atoms with van der Waals surface area (Å²) >= 11 is 0. The lowest BCUT2D eigenvalue weighted by Gasteiger charge is -2.17. The number of nitrogens with one attached hydrogen (secondary N) is 1. The average molecular weight is 394 g/mol. The normalized spacial score (nSPS) is 11.2. The van der Waals surface area contributed by atoms with Crippen LogP contribution in [-0.2, 0) is 25.3 Å². The van der Waals surface area contributed by atoms with Crippen molar-refractivity contribution in [3.63, 3.8) is 0 Å². The summed E-state index contributed by atoms with van der Waals surface area (Å²) in [6.45, 7) is 3.95. The zero-order valence-electron chi connectivity index (χ0n) is 17.2. The number of hydrogen-bond acceptors (Lipinski definition) is 4. The number of carbonyl (C=O) groups is 1. The van der Waals surface area contributed by atoms with Gasteiger partial charge in [0.1, 0.15) is 5.39 Å². The van der Waals surface area contributed by atoms with E-state index in [0.29, 0.717) is 18.5 Å². The molecule has 1 aromatic carbocycles. The molecule has 2 heterocycles. The van der Waals surface area contributed by atoms with Crippen molar-refractivity contribution in [2.24, 2.45) is 14.1 Å². The van der Waals surface area contributed by atoms with Crippen LogP contribution in [0.25, 0.3) is 11.0 Å². The molecule has 1 N–H and O–H groups in total. The molecule has 0 aliphatic carbocycles. The van der Waals surface area contributed by atoms with Crippen LogP contribution in [0.5, 0.6) is 0 Å². The molecule has 0 bridgehead atoms. The lowest BCUT2D eigenvalue weighted by molar-refractivity contribution is -0.116. The van der Waals surface area contributed by atoms with Crippen LogP contribution in [0.2, 0.25) is 0 Å². The molecule has 1 amide bonds. The second kappa shape index (κ2) is 8.43. The Labute approximate surface area is 169 Å². The SMILES string of the molecule is CC(C)c1cnc2c(c1NC(=O)CCCc1ccccc1)c(=O)n(C)c(=O)n2C. The minimum absolute atomic E-state index is 0.0495. The summed E-state index contributed by atoms with van der Waals surface area (Å²) in [4.78, 5) is 42.1. The average Bonchev–Trinajstić information content (AvgIpc) is 2.71. The second-order valence-corrected chi connectivity index (χ2v) is 7.53. The second-order valence-electron chi connectivity index (χ2n) is 7.53. The first-order valence-electron chi connectivity index (χ1n) is 9.73. The van der Waals surface area contributed by atoms with Gasteiger partial charge in [-0.3, -0.25) is 18.7 Å².